The number of hydrogen-bond acceptors (Lipinski definition) is 2. The van der Waals surface area contributed by atoms with E-state index in [0.29, 0.717) is 0 Å². The first-order valence-corrected chi connectivity index (χ1v) is 7.67. The molecule has 1 N–H and O–H groups in total. The van der Waals surface area contributed by atoms with Gasteiger partial charge in [0.15, 0.2) is 0 Å². The highest BCUT2D eigenvalue weighted by Crippen LogP contribution is 2.31. The van der Waals surface area contributed by atoms with Crippen LogP contribution in [0.15, 0.2) is 42.5 Å². The smallest absolute Gasteiger partial charge is 0.120 e. The van der Waals surface area contributed by atoms with E-state index in [1.165, 1.54) is 11.1 Å². The van der Waals surface area contributed by atoms with Crippen LogP contribution in [0.1, 0.15) is 36.1 Å². The van der Waals surface area contributed by atoms with Gasteiger partial charge >= 0.3 is 0 Å². The molecule has 0 aliphatic heterocycles. The predicted octanol–water partition coefficient (Wildman–Crippen LogP) is 4.75. The van der Waals surface area contributed by atoms with E-state index in [4.69, 9.17) is 16.3 Å². The van der Waals surface area contributed by atoms with Gasteiger partial charge in [-0.05, 0) is 43.1 Å². The Labute approximate surface area is 132 Å². The molecule has 0 amide bonds. The lowest BCUT2D eigenvalue weighted by Gasteiger charge is -2.21. The fourth-order valence-corrected chi connectivity index (χ4v) is 2.60. The summed E-state index contributed by atoms with van der Waals surface area (Å²) in [6.07, 6.45) is 1.08. The first-order chi connectivity index (χ1) is 10.2. The third-order valence-electron chi connectivity index (χ3n) is 3.53. The third kappa shape index (κ3) is 3.99. The van der Waals surface area contributed by atoms with Crippen molar-refractivity contribution in [1.82, 2.24) is 5.32 Å². The molecule has 0 fully saturated rings. The van der Waals surface area contributed by atoms with E-state index in [2.05, 4.69) is 43.4 Å². The molecule has 2 rings (SSSR count). The van der Waals surface area contributed by atoms with Gasteiger partial charge in [0, 0.05) is 5.02 Å². The molecule has 2 nitrogen and oxygen atoms in total. The topological polar surface area (TPSA) is 21.3 Å². The average Bonchev–Trinajstić information content (AvgIpc) is 2.50. The highest BCUT2D eigenvalue weighted by atomic mass is 35.5. The van der Waals surface area contributed by atoms with E-state index in [1.807, 2.05) is 18.2 Å². The van der Waals surface area contributed by atoms with Gasteiger partial charge in [0.05, 0.1) is 13.2 Å². The number of ether oxygens (including phenoxy) is 1. The minimum atomic E-state index is 0.101. The zero-order valence-corrected chi connectivity index (χ0v) is 13.6. The van der Waals surface area contributed by atoms with Crippen LogP contribution in [0.25, 0.3) is 0 Å². The molecule has 0 heterocycles. The van der Waals surface area contributed by atoms with E-state index < -0.39 is 0 Å². The van der Waals surface area contributed by atoms with E-state index in [9.17, 15) is 0 Å². The van der Waals surface area contributed by atoms with Crippen molar-refractivity contribution in [3.8, 4) is 5.75 Å². The highest BCUT2D eigenvalue weighted by Gasteiger charge is 2.16. The summed E-state index contributed by atoms with van der Waals surface area (Å²) in [6.45, 7) is 5.20. The van der Waals surface area contributed by atoms with Crippen molar-refractivity contribution in [1.29, 1.82) is 0 Å². The molecule has 1 atom stereocenters. The summed E-state index contributed by atoms with van der Waals surface area (Å²) in [5.74, 6) is 0.780. The Morgan fingerprint density at radius 3 is 2.43 bits per heavy atom. The van der Waals surface area contributed by atoms with Gasteiger partial charge in [-0.3, -0.25) is 0 Å². The van der Waals surface area contributed by atoms with Crippen LogP contribution in [0.3, 0.4) is 0 Å². The summed E-state index contributed by atoms with van der Waals surface area (Å²) < 4.78 is 5.23. The lowest BCUT2D eigenvalue weighted by Crippen LogP contribution is -2.23. The standard InChI is InChI=1S/C18H22ClNO/c1-4-11-20-18(14-7-5-13(2)6-8-14)16-10-9-15(21-3)12-17(16)19/h5-10,12,18,20H,4,11H2,1-3H3. The molecule has 21 heavy (non-hydrogen) atoms. The second-order valence-corrected chi connectivity index (χ2v) is 5.59. The van der Waals surface area contributed by atoms with Gasteiger partial charge in [0.25, 0.3) is 0 Å². The van der Waals surface area contributed by atoms with E-state index in [1.54, 1.807) is 7.11 Å². The summed E-state index contributed by atoms with van der Waals surface area (Å²) in [5, 5.41) is 4.30. The SMILES string of the molecule is CCCNC(c1ccc(C)cc1)c1ccc(OC)cc1Cl. The van der Waals surface area contributed by atoms with E-state index >= 15 is 0 Å². The fraction of sp³-hybridized carbons (Fsp3) is 0.333. The Bertz CT molecular complexity index is 580. The van der Waals surface area contributed by atoms with Crippen molar-refractivity contribution in [3.05, 3.63) is 64.2 Å². The fourth-order valence-electron chi connectivity index (χ4n) is 2.32. The summed E-state index contributed by atoms with van der Waals surface area (Å²) in [4.78, 5) is 0. The number of nitrogens with one attached hydrogen (secondary N) is 1. The molecular formula is C18H22ClNO. The van der Waals surface area contributed by atoms with Gasteiger partial charge in [0.1, 0.15) is 5.75 Å². The van der Waals surface area contributed by atoms with Crippen LogP contribution in [0.2, 0.25) is 5.02 Å². The number of rotatable bonds is 6. The molecular weight excluding hydrogens is 282 g/mol. The Morgan fingerprint density at radius 2 is 1.86 bits per heavy atom. The van der Waals surface area contributed by atoms with E-state index in [-0.39, 0.29) is 6.04 Å². The van der Waals surface area contributed by atoms with Crippen molar-refractivity contribution >= 4 is 11.6 Å². The summed E-state index contributed by atoms with van der Waals surface area (Å²) in [7, 11) is 1.65. The highest BCUT2D eigenvalue weighted by molar-refractivity contribution is 6.31. The van der Waals surface area contributed by atoms with Crippen molar-refractivity contribution in [3.63, 3.8) is 0 Å². The maximum absolute atomic E-state index is 6.44. The van der Waals surface area contributed by atoms with Crippen LogP contribution in [-0.4, -0.2) is 13.7 Å². The summed E-state index contributed by atoms with van der Waals surface area (Å²) in [5.41, 5.74) is 3.56. The van der Waals surface area contributed by atoms with Crippen LogP contribution >= 0.6 is 11.6 Å². The summed E-state index contributed by atoms with van der Waals surface area (Å²) >= 11 is 6.44. The Kier molecular flexibility index (Phi) is 5.66. The molecule has 3 heteroatoms. The van der Waals surface area contributed by atoms with Crippen LogP contribution in [-0.2, 0) is 0 Å². The monoisotopic (exact) mass is 303 g/mol. The second-order valence-electron chi connectivity index (χ2n) is 5.19. The maximum Gasteiger partial charge on any atom is 0.120 e. The zero-order valence-electron chi connectivity index (χ0n) is 12.8. The Balaban J connectivity index is 2.37. The minimum Gasteiger partial charge on any atom is -0.497 e. The number of hydrogen-bond donors (Lipinski definition) is 1. The quantitative estimate of drug-likeness (QED) is 0.832. The lowest BCUT2D eigenvalue weighted by molar-refractivity contribution is 0.414. The zero-order chi connectivity index (χ0) is 15.2. The second kappa shape index (κ2) is 7.48. The van der Waals surface area contributed by atoms with Crippen molar-refractivity contribution in [2.45, 2.75) is 26.3 Å². The molecule has 2 aromatic carbocycles. The number of halogens is 1. The van der Waals surface area contributed by atoms with Gasteiger partial charge in [-0.2, -0.15) is 0 Å². The first kappa shape index (κ1) is 15.9. The van der Waals surface area contributed by atoms with Gasteiger partial charge < -0.3 is 10.1 Å². The van der Waals surface area contributed by atoms with Crippen LogP contribution in [0, 0.1) is 6.92 Å². The van der Waals surface area contributed by atoms with Crippen LogP contribution < -0.4 is 10.1 Å². The Hall–Kier alpha value is -1.51. The molecule has 0 bridgehead atoms. The molecule has 0 spiro atoms. The molecule has 1 unspecified atom stereocenters. The minimum absolute atomic E-state index is 0.101. The maximum atomic E-state index is 6.44. The summed E-state index contributed by atoms with van der Waals surface area (Å²) in [6, 6.07) is 14.5. The van der Waals surface area contributed by atoms with Gasteiger partial charge in [-0.1, -0.05) is 54.4 Å². The molecule has 2 aromatic rings. The molecule has 0 aliphatic carbocycles. The normalized spacial score (nSPS) is 12.2. The van der Waals surface area contributed by atoms with Gasteiger partial charge in [-0.15, -0.1) is 0 Å². The van der Waals surface area contributed by atoms with Gasteiger partial charge in [0.2, 0.25) is 0 Å². The first-order valence-electron chi connectivity index (χ1n) is 7.29. The van der Waals surface area contributed by atoms with Crippen molar-refractivity contribution in [2.75, 3.05) is 13.7 Å². The molecule has 0 aliphatic rings. The third-order valence-corrected chi connectivity index (χ3v) is 3.86. The van der Waals surface area contributed by atoms with Crippen LogP contribution in [0.5, 0.6) is 5.75 Å². The molecule has 0 saturated carbocycles. The number of benzene rings is 2. The molecule has 0 radical (unpaired) electrons. The lowest BCUT2D eigenvalue weighted by atomic mass is 9.97. The van der Waals surface area contributed by atoms with Gasteiger partial charge in [-0.25, -0.2) is 0 Å². The molecule has 112 valence electrons. The largest absolute Gasteiger partial charge is 0.497 e. The molecule has 0 saturated heterocycles. The molecule has 0 aromatic heterocycles. The average molecular weight is 304 g/mol. The van der Waals surface area contributed by atoms with Crippen molar-refractivity contribution in [2.24, 2.45) is 0 Å². The van der Waals surface area contributed by atoms with E-state index in [0.717, 1.165) is 29.3 Å². The Morgan fingerprint density at radius 1 is 1.14 bits per heavy atom. The number of methoxy groups -OCH3 is 1. The number of aryl methyl sites for hydroxylation is 1. The predicted molar refractivity (Wildman–Crippen MR) is 89.3 cm³/mol. The van der Waals surface area contributed by atoms with Crippen LogP contribution in [0.4, 0.5) is 0 Å². The van der Waals surface area contributed by atoms with Crippen molar-refractivity contribution < 1.29 is 4.74 Å².